The number of nitrogens with zero attached hydrogens (tertiary/aromatic N) is 6. The average Bonchev–Trinajstić information content (AvgIpc) is 3.39. The van der Waals surface area contributed by atoms with Crippen molar-refractivity contribution in [2.24, 2.45) is 0 Å². The Morgan fingerprint density at radius 1 is 1.03 bits per heavy atom. The largest absolute Gasteiger partial charge is 0.453 e. The molecule has 3 heterocycles. The standard InChI is InChI=1S/C25H21F3N6OS/c1-14(2)18-6-4-5-7-19(18)21-29-12-20-22(31-21)33(24(35)36-20)13-16-8-10-17(11-9-16)34-15(3)30-23(32-34)25(26,27)28/h4-12,14H,13H2,1-3H3. The van der Waals surface area contributed by atoms with Crippen LogP contribution in [0.15, 0.2) is 59.5 Å². The molecule has 0 aliphatic carbocycles. The molecule has 0 amide bonds. The van der Waals surface area contributed by atoms with Gasteiger partial charge in [-0.1, -0.05) is 61.6 Å². The molecule has 3 aromatic heterocycles. The maximum Gasteiger partial charge on any atom is 0.453 e. The summed E-state index contributed by atoms with van der Waals surface area (Å²) in [6, 6.07) is 14.7. The van der Waals surface area contributed by atoms with Crippen LogP contribution in [-0.2, 0) is 12.7 Å². The van der Waals surface area contributed by atoms with Crippen molar-refractivity contribution < 1.29 is 13.2 Å². The molecule has 0 aliphatic heterocycles. The lowest BCUT2D eigenvalue weighted by atomic mass is 9.97. The monoisotopic (exact) mass is 510 g/mol. The van der Waals surface area contributed by atoms with Gasteiger partial charge in [0.15, 0.2) is 11.5 Å². The summed E-state index contributed by atoms with van der Waals surface area (Å²) >= 11 is 1.07. The third kappa shape index (κ3) is 4.41. The van der Waals surface area contributed by atoms with Gasteiger partial charge < -0.3 is 0 Å². The summed E-state index contributed by atoms with van der Waals surface area (Å²) in [6.45, 7) is 5.92. The van der Waals surface area contributed by atoms with E-state index >= 15 is 0 Å². The van der Waals surface area contributed by atoms with Gasteiger partial charge in [-0.3, -0.25) is 9.36 Å². The van der Waals surface area contributed by atoms with Crippen LogP contribution in [0.3, 0.4) is 0 Å². The first-order chi connectivity index (χ1) is 17.1. The van der Waals surface area contributed by atoms with E-state index in [1.807, 2.05) is 24.3 Å². The number of rotatable bonds is 5. The Balaban J connectivity index is 1.48. The van der Waals surface area contributed by atoms with E-state index in [2.05, 4.69) is 28.9 Å². The second-order valence-corrected chi connectivity index (χ2v) is 9.63. The molecule has 0 radical (unpaired) electrons. The first kappa shape index (κ1) is 23.9. The summed E-state index contributed by atoms with van der Waals surface area (Å²) in [7, 11) is 0. The molecule has 0 saturated heterocycles. The lowest BCUT2D eigenvalue weighted by Gasteiger charge is -2.11. The predicted octanol–water partition coefficient (Wildman–Crippen LogP) is 5.60. The van der Waals surface area contributed by atoms with Crippen LogP contribution in [0.2, 0.25) is 0 Å². The molecule has 0 aliphatic rings. The molecule has 5 rings (SSSR count). The highest BCUT2D eigenvalue weighted by atomic mass is 32.1. The zero-order valence-corrected chi connectivity index (χ0v) is 20.4. The van der Waals surface area contributed by atoms with Gasteiger partial charge >= 0.3 is 11.0 Å². The lowest BCUT2D eigenvalue weighted by molar-refractivity contribution is -0.144. The second kappa shape index (κ2) is 8.98. The minimum Gasteiger partial charge on any atom is -0.278 e. The normalized spacial score (nSPS) is 12.1. The van der Waals surface area contributed by atoms with E-state index in [1.54, 1.807) is 35.0 Å². The van der Waals surface area contributed by atoms with Gasteiger partial charge in [0.2, 0.25) is 0 Å². The average molecular weight is 511 g/mol. The third-order valence-corrected chi connectivity index (χ3v) is 6.68. The quantitative estimate of drug-likeness (QED) is 0.308. The SMILES string of the molecule is Cc1nc(C(F)(F)F)nn1-c1ccc(Cn2c(=O)sc3cnc(-c4ccccc4C(C)C)nc32)cc1. The molecular formula is C25H21F3N6OS. The molecule has 0 N–H and O–H groups in total. The van der Waals surface area contributed by atoms with Crippen molar-refractivity contribution in [2.45, 2.75) is 39.4 Å². The second-order valence-electron chi connectivity index (χ2n) is 8.64. The minimum atomic E-state index is -4.62. The van der Waals surface area contributed by atoms with Crippen molar-refractivity contribution in [1.82, 2.24) is 29.3 Å². The van der Waals surface area contributed by atoms with Gasteiger partial charge in [0.25, 0.3) is 5.82 Å². The summed E-state index contributed by atoms with van der Waals surface area (Å²) in [4.78, 5) is 25.4. The van der Waals surface area contributed by atoms with E-state index in [9.17, 15) is 18.0 Å². The molecule has 0 fully saturated rings. The third-order valence-electron chi connectivity index (χ3n) is 5.78. The van der Waals surface area contributed by atoms with Crippen LogP contribution >= 0.6 is 11.3 Å². The van der Waals surface area contributed by atoms with E-state index < -0.39 is 12.0 Å². The smallest absolute Gasteiger partial charge is 0.278 e. The number of hydrogen-bond donors (Lipinski definition) is 0. The molecule has 11 heteroatoms. The van der Waals surface area contributed by atoms with E-state index in [4.69, 9.17) is 4.98 Å². The number of hydrogen-bond acceptors (Lipinski definition) is 6. The lowest BCUT2D eigenvalue weighted by Crippen LogP contribution is -2.14. The zero-order valence-electron chi connectivity index (χ0n) is 19.6. The Morgan fingerprint density at radius 3 is 2.42 bits per heavy atom. The first-order valence-electron chi connectivity index (χ1n) is 11.2. The molecule has 0 bridgehead atoms. The fourth-order valence-corrected chi connectivity index (χ4v) is 4.82. The number of alkyl halides is 3. The van der Waals surface area contributed by atoms with Crippen molar-refractivity contribution >= 4 is 21.7 Å². The zero-order chi connectivity index (χ0) is 25.6. The Labute approximate surface area is 207 Å². The van der Waals surface area contributed by atoms with Crippen LogP contribution < -0.4 is 4.87 Å². The number of halogens is 3. The van der Waals surface area contributed by atoms with Gasteiger partial charge in [-0.25, -0.2) is 19.6 Å². The molecule has 0 unspecified atom stereocenters. The van der Waals surface area contributed by atoms with E-state index in [1.165, 1.54) is 6.92 Å². The highest BCUT2D eigenvalue weighted by molar-refractivity contribution is 7.16. The summed E-state index contributed by atoms with van der Waals surface area (Å²) in [5.74, 6) is -0.226. The molecule has 184 valence electrons. The van der Waals surface area contributed by atoms with Gasteiger partial charge in [0.05, 0.1) is 23.1 Å². The summed E-state index contributed by atoms with van der Waals surface area (Å²) < 4.78 is 42.3. The summed E-state index contributed by atoms with van der Waals surface area (Å²) in [5.41, 5.74) is 3.81. The van der Waals surface area contributed by atoms with Crippen molar-refractivity contribution in [1.29, 1.82) is 0 Å². The van der Waals surface area contributed by atoms with Crippen LogP contribution in [0.25, 0.3) is 27.4 Å². The van der Waals surface area contributed by atoms with Gasteiger partial charge in [0, 0.05) is 5.56 Å². The van der Waals surface area contributed by atoms with Gasteiger partial charge in [0.1, 0.15) is 5.82 Å². The fraction of sp³-hybridized carbons (Fsp3) is 0.240. The minimum absolute atomic E-state index is 0.126. The first-order valence-corrected chi connectivity index (χ1v) is 12.0. The highest BCUT2D eigenvalue weighted by Gasteiger charge is 2.36. The molecule has 7 nitrogen and oxygen atoms in total. The molecular weight excluding hydrogens is 489 g/mol. The Bertz CT molecular complexity index is 1620. The Hall–Kier alpha value is -3.86. The predicted molar refractivity (Wildman–Crippen MR) is 131 cm³/mol. The van der Waals surface area contributed by atoms with Crippen LogP contribution in [0.4, 0.5) is 13.2 Å². The molecule has 36 heavy (non-hydrogen) atoms. The molecule has 0 spiro atoms. The summed E-state index contributed by atoms with van der Waals surface area (Å²) in [5, 5.41) is 3.58. The van der Waals surface area contributed by atoms with E-state index in [-0.39, 0.29) is 23.2 Å². The van der Waals surface area contributed by atoms with Crippen molar-refractivity contribution in [3.63, 3.8) is 0 Å². The molecule has 0 saturated carbocycles. The topological polar surface area (TPSA) is 78.5 Å². The maximum atomic E-state index is 13.0. The molecule has 2 aromatic carbocycles. The Kier molecular flexibility index (Phi) is 5.95. The van der Waals surface area contributed by atoms with Crippen LogP contribution in [0.1, 0.15) is 42.5 Å². The van der Waals surface area contributed by atoms with E-state index in [0.29, 0.717) is 21.9 Å². The van der Waals surface area contributed by atoms with Crippen molar-refractivity contribution in [3.8, 4) is 17.1 Å². The summed E-state index contributed by atoms with van der Waals surface area (Å²) in [6.07, 6.45) is -2.94. The van der Waals surface area contributed by atoms with Crippen LogP contribution in [0.5, 0.6) is 0 Å². The number of benzene rings is 2. The van der Waals surface area contributed by atoms with Gasteiger partial charge in [-0.05, 0) is 36.1 Å². The number of fused-ring (bicyclic) bond motifs is 1. The number of aromatic nitrogens is 6. The fourth-order valence-electron chi connectivity index (χ4n) is 4.02. The number of aryl methyl sites for hydroxylation is 1. The van der Waals surface area contributed by atoms with Gasteiger partial charge in [-0.15, -0.1) is 5.10 Å². The van der Waals surface area contributed by atoms with Crippen LogP contribution in [-0.4, -0.2) is 29.3 Å². The number of thiazole rings is 1. The highest BCUT2D eigenvalue weighted by Crippen LogP contribution is 2.29. The van der Waals surface area contributed by atoms with Crippen molar-refractivity contribution in [2.75, 3.05) is 0 Å². The molecule has 5 aromatic rings. The van der Waals surface area contributed by atoms with Crippen molar-refractivity contribution in [3.05, 3.63) is 87.2 Å². The van der Waals surface area contributed by atoms with Gasteiger partial charge in [-0.2, -0.15) is 13.2 Å². The maximum absolute atomic E-state index is 13.0. The Morgan fingerprint density at radius 2 is 1.75 bits per heavy atom. The molecule has 0 atom stereocenters. The van der Waals surface area contributed by atoms with E-state index in [0.717, 1.165) is 32.7 Å². The van der Waals surface area contributed by atoms with Crippen LogP contribution in [0, 0.1) is 6.92 Å².